The highest BCUT2D eigenvalue weighted by Gasteiger charge is 2.61. The molecule has 0 spiro atoms. The maximum Gasteiger partial charge on any atom is 0.337 e. The van der Waals surface area contributed by atoms with Gasteiger partial charge in [-0.25, -0.2) is 9.80 Å². The van der Waals surface area contributed by atoms with Gasteiger partial charge in [-0.2, -0.15) is 0 Å². The zero-order valence-corrected chi connectivity index (χ0v) is 19.3. The zero-order chi connectivity index (χ0) is 24.5. The van der Waals surface area contributed by atoms with Crippen molar-refractivity contribution in [1.82, 2.24) is 25.2 Å². The average Bonchev–Trinajstić information content (AvgIpc) is 3.40. The number of ether oxygens (including phenoxy) is 1. The van der Waals surface area contributed by atoms with Crippen molar-refractivity contribution in [1.29, 1.82) is 0 Å². The fourth-order valence-electron chi connectivity index (χ4n) is 4.28. The number of carbonyl (C=O) groups is 4. The number of amides is 2. The fourth-order valence-corrected chi connectivity index (χ4v) is 5.57. The number of esters is 1. The summed E-state index contributed by atoms with van der Waals surface area (Å²) in [6.45, 7) is 1.28. The largest absolute Gasteiger partial charge is 0.451 e. The molecular weight excluding hydrogens is 472 g/mol. The van der Waals surface area contributed by atoms with E-state index in [1.165, 1.54) is 29.9 Å². The quantitative estimate of drug-likeness (QED) is 0.278. The number of fused-ring (bicyclic) bond motifs is 1. The summed E-state index contributed by atoms with van der Waals surface area (Å²) >= 11 is 1.18. The van der Waals surface area contributed by atoms with Crippen LogP contribution in [0.1, 0.15) is 24.2 Å². The van der Waals surface area contributed by atoms with Crippen molar-refractivity contribution in [3.8, 4) is 0 Å². The Balaban J connectivity index is 1.41. The standard InChI is InChI=1S/C23H20N6O5S/c1-14(30)29(27-13-24-25-26-27)19-21(32)28-18(17(31)12-35-22(19)28)23(33)34-20(15-8-4-2-5-9-15)16-10-6-3-7-11-16/h2-11,13,18-20,22H,12H2,1H3/t18?,19-,22+/m1/s1. The van der Waals surface area contributed by atoms with Crippen molar-refractivity contribution in [3.05, 3.63) is 78.1 Å². The molecule has 2 amide bonds. The first-order chi connectivity index (χ1) is 17.0. The Bertz CT molecular complexity index is 1220. The first-order valence-corrected chi connectivity index (χ1v) is 11.8. The topological polar surface area (TPSA) is 128 Å². The highest BCUT2D eigenvalue weighted by atomic mass is 32.2. The van der Waals surface area contributed by atoms with E-state index in [-0.39, 0.29) is 5.75 Å². The van der Waals surface area contributed by atoms with Gasteiger partial charge in [0, 0.05) is 6.92 Å². The van der Waals surface area contributed by atoms with Gasteiger partial charge in [-0.1, -0.05) is 60.7 Å². The van der Waals surface area contributed by atoms with Gasteiger partial charge < -0.3 is 9.64 Å². The molecule has 2 aliphatic rings. The first-order valence-electron chi connectivity index (χ1n) is 10.8. The number of aromatic nitrogens is 4. The maximum atomic E-state index is 13.4. The molecule has 2 saturated heterocycles. The molecule has 0 saturated carbocycles. The number of benzene rings is 2. The van der Waals surface area contributed by atoms with Crippen LogP contribution in [0.4, 0.5) is 0 Å². The monoisotopic (exact) mass is 492 g/mol. The third-order valence-electron chi connectivity index (χ3n) is 5.84. The Hall–Kier alpha value is -4.06. The van der Waals surface area contributed by atoms with Crippen molar-refractivity contribution in [2.75, 3.05) is 10.8 Å². The number of Topliss-reactive ketones (excluding diaryl/α,β-unsaturated/α-hetero) is 1. The molecule has 0 N–H and O–H groups in total. The molecule has 1 unspecified atom stereocenters. The van der Waals surface area contributed by atoms with Crippen LogP contribution in [0.15, 0.2) is 67.0 Å². The van der Waals surface area contributed by atoms with E-state index in [1.807, 2.05) is 60.7 Å². The second kappa shape index (κ2) is 9.29. The number of hydrogen-bond donors (Lipinski definition) is 0. The number of tetrazole rings is 1. The molecule has 2 fully saturated rings. The van der Waals surface area contributed by atoms with E-state index in [0.29, 0.717) is 0 Å². The molecule has 2 aromatic carbocycles. The van der Waals surface area contributed by atoms with Gasteiger partial charge in [-0.05, 0) is 21.6 Å². The van der Waals surface area contributed by atoms with Gasteiger partial charge >= 0.3 is 5.97 Å². The molecule has 178 valence electrons. The maximum absolute atomic E-state index is 13.4. The second-order valence-electron chi connectivity index (χ2n) is 7.99. The van der Waals surface area contributed by atoms with E-state index in [0.717, 1.165) is 20.9 Å². The van der Waals surface area contributed by atoms with Crippen LogP contribution in [0.2, 0.25) is 0 Å². The minimum absolute atomic E-state index is 0.00654. The Morgan fingerprint density at radius 2 is 1.69 bits per heavy atom. The van der Waals surface area contributed by atoms with Gasteiger partial charge in [-0.15, -0.1) is 21.7 Å². The van der Waals surface area contributed by atoms with E-state index in [1.54, 1.807) is 0 Å². The summed E-state index contributed by atoms with van der Waals surface area (Å²) in [5.74, 6) is -2.27. The summed E-state index contributed by atoms with van der Waals surface area (Å²) in [6.07, 6.45) is 0.444. The minimum Gasteiger partial charge on any atom is -0.451 e. The highest BCUT2D eigenvalue weighted by molar-refractivity contribution is 8.00. The SMILES string of the molecule is CC(=O)N([C@@H]1C(=O)N2C(C(=O)OC(c3ccccc3)c3ccccc3)C(=O)CS[C@@H]12)n1cnnn1. The van der Waals surface area contributed by atoms with Crippen LogP contribution in [0.3, 0.4) is 0 Å². The molecule has 3 aromatic rings. The average molecular weight is 493 g/mol. The van der Waals surface area contributed by atoms with Gasteiger partial charge in [0.1, 0.15) is 5.37 Å². The number of hydrogen-bond acceptors (Lipinski definition) is 9. The number of carbonyl (C=O) groups excluding carboxylic acids is 4. The molecule has 1 aromatic heterocycles. The van der Waals surface area contributed by atoms with Crippen LogP contribution < -0.4 is 5.01 Å². The van der Waals surface area contributed by atoms with E-state index in [2.05, 4.69) is 15.5 Å². The lowest BCUT2D eigenvalue weighted by molar-refractivity contribution is -0.169. The molecule has 2 aliphatic heterocycles. The van der Waals surface area contributed by atoms with E-state index < -0.39 is 47.1 Å². The number of nitrogens with zero attached hydrogens (tertiary/aromatic N) is 6. The Morgan fingerprint density at radius 1 is 1.06 bits per heavy atom. The first kappa shape index (κ1) is 22.7. The number of β-lactam (4-membered cyclic amide) rings is 1. The summed E-state index contributed by atoms with van der Waals surface area (Å²) in [4.78, 5) is 54.0. The van der Waals surface area contributed by atoms with Gasteiger partial charge in [0.05, 0.1) is 5.75 Å². The summed E-state index contributed by atoms with van der Waals surface area (Å²) in [5.41, 5.74) is 1.46. The smallest absolute Gasteiger partial charge is 0.337 e. The van der Waals surface area contributed by atoms with Crippen LogP contribution in [-0.4, -0.2) is 72.0 Å². The highest BCUT2D eigenvalue weighted by Crippen LogP contribution is 2.40. The number of thioether (sulfide) groups is 1. The molecule has 0 aliphatic carbocycles. The molecule has 0 bridgehead atoms. The molecule has 0 radical (unpaired) electrons. The predicted molar refractivity (Wildman–Crippen MR) is 123 cm³/mol. The molecule has 3 heterocycles. The summed E-state index contributed by atoms with van der Waals surface area (Å²) in [7, 11) is 0. The lowest BCUT2D eigenvalue weighted by Crippen LogP contribution is -2.78. The Morgan fingerprint density at radius 3 is 2.23 bits per heavy atom. The molecular formula is C23H20N6O5S. The zero-order valence-electron chi connectivity index (χ0n) is 18.5. The normalized spacial score (nSPS) is 21.3. The van der Waals surface area contributed by atoms with E-state index in [9.17, 15) is 19.2 Å². The molecule has 11 nitrogen and oxygen atoms in total. The summed E-state index contributed by atoms with van der Waals surface area (Å²) in [5, 5.41) is 11.2. The lowest BCUT2D eigenvalue weighted by atomic mass is 9.98. The van der Waals surface area contributed by atoms with Crippen molar-refractivity contribution >= 4 is 35.3 Å². The van der Waals surface area contributed by atoms with E-state index >= 15 is 0 Å². The fraction of sp³-hybridized carbons (Fsp3) is 0.261. The third kappa shape index (κ3) is 4.05. The second-order valence-corrected chi connectivity index (χ2v) is 9.10. The van der Waals surface area contributed by atoms with Gasteiger partial charge in [-0.3, -0.25) is 14.4 Å². The number of rotatable bonds is 6. The summed E-state index contributed by atoms with van der Waals surface area (Å²) < 4.78 is 5.87. The van der Waals surface area contributed by atoms with Gasteiger partial charge in [0.2, 0.25) is 5.91 Å². The minimum atomic E-state index is -1.40. The Labute approximate surface area is 204 Å². The van der Waals surface area contributed by atoms with E-state index in [4.69, 9.17) is 4.74 Å². The van der Waals surface area contributed by atoms with Crippen molar-refractivity contribution in [3.63, 3.8) is 0 Å². The third-order valence-corrected chi connectivity index (χ3v) is 7.12. The van der Waals surface area contributed by atoms with Crippen molar-refractivity contribution in [2.24, 2.45) is 0 Å². The number of ketones is 1. The van der Waals surface area contributed by atoms with Crippen LogP contribution in [-0.2, 0) is 23.9 Å². The molecule has 35 heavy (non-hydrogen) atoms. The van der Waals surface area contributed by atoms with Crippen molar-refractivity contribution in [2.45, 2.75) is 30.5 Å². The van der Waals surface area contributed by atoms with Crippen LogP contribution in [0.25, 0.3) is 0 Å². The predicted octanol–water partition coefficient (Wildman–Crippen LogP) is 0.712. The van der Waals surface area contributed by atoms with Crippen LogP contribution in [0, 0.1) is 0 Å². The Kier molecular flexibility index (Phi) is 6.03. The molecule has 12 heteroatoms. The van der Waals surface area contributed by atoms with Crippen molar-refractivity contribution < 1.29 is 23.9 Å². The lowest BCUT2D eigenvalue weighted by Gasteiger charge is -2.53. The van der Waals surface area contributed by atoms with Gasteiger partial charge in [0.15, 0.2) is 30.3 Å². The summed E-state index contributed by atoms with van der Waals surface area (Å²) in [6, 6.07) is 16.0. The van der Waals surface area contributed by atoms with Crippen LogP contribution in [0.5, 0.6) is 0 Å². The molecule has 3 atom stereocenters. The van der Waals surface area contributed by atoms with Gasteiger partial charge in [0.25, 0.3) is 5.91 Å². The van der Waals surface area contributed by atoms with Crippen LogP contribution >= 0.6 is 11.8 Å². The molecule has 5 rings (SSSR count).